The maximum atomic E-state index is 12.1. The second-order valence-electron chi connectivity index (χ2n) is 5.49. The van der Waals surface area contributed by atoms with E-state index < -0.39 is 5.56 Å². The fourth-order valence-corrected chi connectivity index (χ4v) is 3.13. The second-order valence-corrected chi connectivity index (χ2v) is 6.44. The van der Waals surface area contributed by atoms with E-state index in [2.05, 4.69) is 15.5 Å². The molecule has 0 bridgehead atoms. The molecule has 0 aliphatic heterocycles. The summed E-state index contributed by atoms with van der Waals surface area (Å²) < 4.78 is 11.6. The van der Waals surface area contributed by atoms with Crippen LogP contribution in [0.4, 0.5) is 11.6 Å². The number of ether oxygens (including phenoxy) is 1. The van der Waals surface area contributed by atoms with Crippen LogP contribution in [0.15, 0.2) is 50.9 Å². The molecular formula is C17H17N5O4S. The molecule has 0 aliphatic rings. The lowest BCUT2D eigenvalue weighted by Gasteiger charge is -2.15. The highest BCUT2D eigenvalue weighted by Crippen LogP contribution is 2.24. The van der Waals surface area contributed by atoms with Crippen LogP contribution in [0, 0.1) is 6.92 Å². The summed E-state index contributed by atoms with van der Waals surface area (Å²) in [4.78, 5) is 27.9. The summed E-state index contributed by atoms with van der Waals surface area (Å²) in [5.41, 5.74) is 6.22. The Balaban J connectivity index is 1.81. The van der Waals surface area contributed by atoms with Crippen LogP contribution in [0.2, 0.25) is 0 Å². The van der Waals surface area contributed by atoms with E-state index in [0.717, 1.165) is 11.8 Å². The zero-order valence-corrected chi connectivity index (χ0v) is 15.4. The van der Waals surface area contributed by atoms with E-state index in [0.29, 0.717) is 28.2 Å². The molecule has 2 aromatic heterocycles. The maximum Gasteiger partial charge on any atom is 0.275 e. The number of nitrogens with one attached hydrogen (secondary N) is 1. The lowest BCUT2D eigenvalue weighted by atomic mass is 10.3. The highest BCUT2D eigenvalue weighted by molar-refractivity contribution is 7.99. The van der Waals surface area contributed by atoms with Gasteiger partial charge in [0.2, 0.25) is 5.91 Å². The predicted molar refractivity (Wildman–Crippen MR) is 101 cm³/mol. The van der Waals surface area contributed by atoms with E-state index in [1.807, 2.05) is 0 Å². The van der Waals surface area contributed by atoms with E-state index in [4.69, 9.17) is 15.0 Å². The summed E-state index contributed by atoms with van der Waals surface area (Å²) in [7, 11) is 1.57. The summed E-state index contributed by atoms with van der Waals surface area (Å²) in [5.74, 6) is 1.51. The van der Waals surface area contributed by atoms with Crippen LogP contribution in [-0.2, 0) is 4.79 Å². The highest BCUT2D eigenvalue weighted by Gasteiger charge is 2.14. The number of thioether (sulfide) groups is 1. The zero-order chi connectivity index (χ0) is 19.4. The number of aromatic nitrogens is 3. The van der Waals surface area contributed by atoms with Crippen LogP contribution in [0.1, 0.15) is 5.76 Å². The van der Waals surface area contributed by atoms with Gasteiger partial charge in [0.15, 0.2) is 11.0 Å². The van der Waals surface area contributed by atoms with Crippen LogP contribution in [-0.4, -0.2) is 33.5 Å². The van der Waals surface area contributed by atoms with Crippen LogP contribution in [0.3, 0.4) is 0 Å². The molecule has 0 fully saturated rings. The Morgan fingerprint density at radius 3 is 2.70 bits per heavy atom. The number of carbonyl (C=O) groups is 1. The number of aryl methyl sites for hydroxylation is 1. The number of hydrogen-bond donors (Lipinski definition) is 2. The topological polar surface area (TPSA) is 125 Å². The largest absolute Gasteiger partial charge is 0.497 e. The van der Waals surface area contributed by atoms with Crippen molar-refractivity contribution >= 4 is 29.3 Å². The molecule has 9 nitrogen and oxygen atoms in total. The Hall–Kier alpha value is -3.27. The van der Waals surface area contributed by atoms with E-state index in [-0.39, 0.29) is 17.5 Å². The first-order chi connectivity index (χ1) is 13.0. The number of amides is 1. The Morgan fingerprint density at radius 2 is 2.07 bits per heavy atom. The number of anilines is 2. The van der Waals surface area contributed by atoms with Gasteiger partial charge in [0, 0.05) is 17.8 Å². The number of nitrogens with two attached hydrogens (primary N) is 1. The summed E-state index contributed by atoms with van der Waals surface area (Å²) in [6.45, 7) is 1.72. The van der Waals surface area contributed by atoms with Crippen molar-refractivity contribution in [3.8, 4) is 11.4 Å². The Morgan fingerprint density at radius 1 is 1.33 bits per heavy atom. The quantitative estimate of drug-likeness (QED) is 0.485. The zero-order valence-electron chi connectivity index (χ0n) is 14.6. The first kappa shape index (κ1) is 18.5. The van der Waals surface area contributed by atoms with E-state index >= 15 is 0 Å². The van der Waals surface area contributed by atoms with Crippen molar-refractivity contribution in [2.24, 2.45) is 0 Å². The number of nitrogen functional groups attached to an aromatic ring is 1. The fraction of sp³-hybridized carbons (Fsp3) is 0.176. The molecule has 0 saturated heterocycles. The molecule has 0 aliphatic carbocycles. The average Bonchev–Trinajstić information content (AvgIpc) is 3.04. The number of methoxy groups -OCH3 is 1. The number of carbonyl (C=O) groups excluding carboxylic acids is 1. The minimum Gasteiger partial charge on any atom is -0.497 e. The number of nitrogens with zero attached hydrogens (tertiary/aromatic N) is 3. The molecule has 1 amide bonds. The summed E-state index contributed by atoms with van der Waals surface area (Å²) >= 11 is 1.08. The number of rotatable bonds is 6. The van der Waals surface area contributed by atoms with Gasteiger partial charge in [-0.05, 0) is 31.2 Å². The first-order valence-corrected chi connectivity index (χ1v) is 8.85. The van der Waals surface area contributed by atoms with Gasteiger partial charge in [-0.1, -0.05) is 16.9 Å². The van der Waals surface area contributed by atoms with Crippen molar-refractivity contribution in [2.75, 3.05) is 23.9 Å². The minimum atomic E-state index is -0.479. The molecule has 1 aromatic carbocycles. The van der Waals surface area contributed by atoms with Gasteiger partial charge in [0.25, 0.3) is 5.56 Å². The van der Waals surface area contributed by atoms with Gasteiger partial charge in [-0.2, -0.15) is 4.98 Å². The van der Waals surface area contributed by atoms with Gasteiger partial charge < -0.3 is 20.3 Å². The third-order valence-electron chi connectivity index (χ3n) is 3.49. The summed E-state index contributed by atoms with van der Waals surface area (Å²) in [6.07, 6.45) is 0. The van der Waals surface area contributed by atoms with E-state index in [1.54, 1.807) is 48.9 Å². The second kappa shape index (κ2) is 7.96. The van der Waals surface area contributed by atoms with Crippen LogP contribution in [0.25, 0.3) is 5.69 Å². The lowest BCUT2D eigenvalue weighted by Crippen LogP contribution is -2.19. The number of hydrogen-bond acceptors (Lipinski definition) is 8. The van der Waals surface area contributed by atoms with Crippen molar-refractivity contribution < 1.29 is 14.1 Å². The molecule has 0 spiro atoms. The molecule has 0 saturated carbocycles. The van der Waals surface area contributed by atoms with Gasteiger partial charge in [0.1, 0.15) is 17.3 Å². The smallest absolute Gasteiger partial charge is 0.275 e. The monoisotopic (exact) mass is 387 g/mol. The minimum absolute atomic E-state index is 0.0119. The molecule has 27 heavy (non-hydrogen) atoms. The molecule has 3 aromatic rings. The molecule has 140 valence electrons. The van der Waals surface area contributed by atoms with Crippen molar-refractivity contribution in [2.45, 2.75) is 12.1 Å². The van der Waals surface area contributed by atoms with Crippen molar-refractivity contribution in [1.82, 2.24) is 14.7 Å². The van der Waals surface area contributed by atoms with Gasteiger partial charge in [0.05, 0.1) is 12.9 Å². The van der Waals surface area contributed by atoms with Crippen molar-refractivity contribution in [1.29, 1.82) is 0 Å². The third kappa shape index (κ3) is 4.47. The van der Waals surface area contributed by atoms with Crippen LogP contribution >= 0.6 is 11.8 Å². The molecule has 3 rings (SSSR count). The van der Waals surface area contributed by atoms with Gasteiger partial charge >= 0.3 is 0 Å². The normalized spacial score (nSPS) is 10.6. The molecule has 0 atom stereocenters. The van der Waals surface area contributed by atoms with Crippen LogP contribution < -0.4 is 21.3 Å². The Kier molecular flexibility index (Phi) is 5.46. The number of benzene rings is 1. The SMILES string of the molecule is COc1ccc(-n2c(N)cc(=O)nc2SCC(=O)Nc2cc(C)on2)cc1. The molecular weight excluding hydrogens is 370 g/mol. The molecule has 10 heteroatoms. The fourth-order valence-electron chi connectivity index (χ4n) is 2.30. The molecule has 0 radical (unpaired) electrons. The Labute approximate surface area is 158 Å². The summed E-state index contributed by atoms with van der Waals surface area (Å²) in [6, 6.07) is 9.93. The van der Waals surface area contributed by atoms with Crippen LogP contribution in [0.5, 0.6) is 5.75 Å². The Bertz CT molecular complexity index is 1010. The third-order valence-corrected chi connectivity index (χ3v) is 4.42. The van der Waals surface area contributed by atoms with E-state index in [1.165, 1.54) is 6.07 Å². The van der Waals surface area contributed by atoms with Gasteiger partial charge in [-0.25, -0.2) is 0 Å². The summed E-state index contributed by atoms with van der Waals surface area (Å²) in [5, 5.41) is 6.61. The van der Waals surface area contributed by atoms with Gasteiger partial charge in [-0.3, -0.25) is 14.2 Å². The molecule has 0 unspecified atom stereocenters. The standard InChI is InChI=1S/C17H17N5O4S/c1-10-7-14(21-26-10)19-16(24)9-27-17-20-15(23)8-13(18)22(17)11-3-5-12(25-2)6-4-11/h3-8H,9,18H2,1-2H3,(H,19,21,24). The maximum absolute atomic E-state index is 12.1. The van der Waals surface area contributed by atoms with Crippen molar-refractivity contribution in [3.63, 3.8) is 0 Å². The highest BCUT2D eigenvalue weighted by atomic mass is 32.2. The molecule has 2 heterocycles. The lowest BCUT2D eigenvalue weighted by molar-refractivity contribution is -0.113. The first-order valence-electron chi connectivity index (χ1n) is 7.86. The van der Waals surface area contributed by atoms with Crippen molar-refractivity contribution in [3.05, 3.63) is 52.5 Å². The van der Waals surface area contributed by atoms with Gasteiger partial charge in [-0.15, -0.1) is 0 Å². The predicted octanol–water partition coefficient (Wildman–Crippen LogP) is 1.85. The molecule has 3 N–H and O–H groups in total. The van der Waals surface area contributed by atoms with E-state index in [9.17, 15) is 9.59 Å². The average molecular weight is 387 g/mol.